The Morgan fingerprint density at radius 3 is 2.83 bits per heavy atom. The Hall–Kier alpha value is -2.25. The van der Waals surface area contributed by atoms with Gasteiger partial charge in [0.05, 0.1) is 6.21 Å². The summed E-state index contributed by atoms with van der Waals surface area (Å²) in [4.78, 5) is 0. The molecular formula is C15H13ClN6S. The lowest BCUT2D eigenvalue weighted by Crippen LogP contribution is -1.97. The Balaban J connectivity index is 1.73. The number of nitrogens with zero attached hydrogens (tertiary/aromatic N) is 4. The van der Waals surface area contributed by atoms with Crippen LogP contribution in [0.2, 0.25) is 5.02 Å². The number of H-pyrrole nitrogens is 2. The van der Waals surface area contributed by atoms with E-state index in [0.717, 1.165) is 30.5 Å². The molecule has 0 fully saturated rings. The number of nitrogens with one attached hydrogen (secondary N) is 2. The second-order valence-corrected chi connectivity index (χ2v) is 6.17. The SMILES string of the molecule is S=c1[nH]nc(-c2n[nH]c3c2CCC3)n1N=Cc1ccc(Cl)cc1. The van der Waals surface area contributed by atoms with Crippen LogP contribution >= 0.6 is 23.8 Å². The van der Waals surface area contributed by atoms with Gasteiger partial charge in [-0.2, -0.15) is 20.0 Å². The van der Waals surface area contributed by atoms with E-state index in [-0.39, 0.29) is 0 Å². The Bertz CT molecular complexity index is 934. The minimum atomic E-state index is 0.431. The van der Waals surface area contributed by atoms with E-state index in [2.05, 4.69) is 25.5 Å². The van der Waals surface area contributed by atoms with Crippen molar-refractivity contribution in [2.45, 2.75) is 19.3 Å². The maximum Gasteiger partial charge on any atom is 0.216 e. The predicted molar refractivity (Wildman–Crippen MR) is 91.5 cm³/mol. The van der Waals surface area contributed by atoms with Crippen molar-refractivity contribution in [2.24, 2.45) is 5.10 Å². The van der Waals surface area contributed by atoms with Gasteiger partial charge in [0, 0.05) is 16.3 Å². The molecule has 3 aromatic rings. The Morgan fingerprint density at radius 1 is 1.17 bits per heavy atom. The van der Waals surface area contributed by atoms with E-state index >= 15 is 0 Å². The number of hydrogen-bond donors (Lipinski definition) is 2. The summed E-state index contributed by atoms with van der Waals surface area (Å²) in [6.45, 7) is 0. The van der Waals surface area contributed by atoms with Gasteiger partial charge in [0.2, 0.25) is 10.6 Å². The van der Waals surface area contributed by atoms with Gasteiger partial charge >= 0.3 is 0 Å². The highest BCUT2D eigenvalue weighted by atomic mass is 35.5. The van der Waals surface area contributed by atoms with Gasteiger partial charge in [-0.3, -0.25) is 5.10 Å². The number of aromatic nitrogens is 5. The molecular weight excluding hydrogens is 332 g/mol. The van der Waals surface area contributed by atoms with Crippen molar-refractivity contribution in [3.05, 3.63) is 50.9 Å². The summed E-state index contributed by atoms with van der Waals surface area (Å²) < 4.78 is 2.03. The third kappa shape index (κ3) is 2.62. The van der Waals surface area contributed by atoms with Gasteiger partial charge in [-0.15, -0.1) is 0 Å². The van der Waals surface area contributed by atoms with E-state index in [1.165, 1.54) is 11.3 Å². The molecule has 0 spiro atoms. The molecule has 0 radical (unpaired) electrons. The largest absolute Gasteiger partial charge is 0.282 e. The van der Waals surface area contributed by atoms with Crippen LogP contribution in [0, 0.1) is 4.77 Å². The van der Waals surface area contributed by atoms with E-state index in [1.807, 2.05) is 24.3 Å². The van der Waals surface area contributed by atoms with Crippen LogP contribution in [0.15, 0.2) is 29.4 Å². The molecule has 0 saturated heterocycles. The molecule has 0 amide bonds. The van der Waals surface area contributed by atoms with Crippen molar-refractivity contribution >= 4 is 30.0 Å². The number of benzene rings is 1. The van der Waals surface area contributed by atoms with Crippen LogP contribution in [-0.2, 0) is 12.8 Å². The van der Waals surface area contributed by atoms with Crippen molar-refractivity contribution < 1.29 is 0 Å². The fraction of sp³-hybridized carbons (Fsp3) is 0.200. The Kier molecular flexibility index (Phi) is 3.59. The lowest BCUT2D eigenvalue weighted by molar-refractivity contribution is 0.844. The van der Waals surface area contributed by atoms with Gasteiger partial charge < -0.3 is 0 Å². The van der Waals surface area contributed by atoms with Crippen molar-refractivity contribution in [3.63, 3.8) is 0 Å². The van der Waals surface area contributed by atoms with Crippen LogP contribution in [0.1, 0.15) is 23.2 Å². The van der Waals surface area contributed by atoms with E-state index in [0.29, 0.717) is 15.6 Å². The first kappa shape index (κ1) is 14.3. The third-order valence-corrected chi connectivity index (χ3v) is 4.38. The second-order valence-electron chi connectivity index (χ2n) is 5.34. The number of aromatic amines is 2. The first-order chi connectivity index (χ1) is 11.2. The van der Waals surface area contributed by atoms with Gasteiger partial charge in [0.15, 0.2) is 0 Å². The molecule has 23 heavy (non-hydrogen) atoms. The molecule has 1 aliphatic carbocycles. The quantitative estimate of drug-likeness (QED) is 0.565. The first-order valence-electron chi connectivity index (χ1n) is 7.26. The number of halogens is 1. The topological polar surface area (TPSA) is 74.7 Å². The normalized spacial score (nSPS) is 13.8. The number of hydrogen-bond acceptors (Lipinski definition) is 4. The molecule has 0 aliphatic heterocycles. The molecule has 8 heteroatoms. The molecule has 0 atom stereocenters. The van der Waals surface area contributed by atoms with E-state index in [1.54, 1.807) is 10.9 Å². The van der Waals surface area contributed by atoms with E-state index < -0.39 is 0 Å². The van der Waals surface area contributed by atoms with Gasteiger partial charge in [0.25, 0.3) is 0 Å². The predicted octanol–water partition coefficient (Wildman–Crippen LogP) is 3.36. The zero-order valence-corrected chi connectivity index (χ0v) is 13.7. The number of aryl methyl sites for hydroxylation is 1. The molecule has 0 saturated carbocycles. The van der Waals surface area contributed by atoms with Crippen LogP contribution in [0.25, 0.3) is 11.5 Å². The lowest BCUT2D eigenvalue weighted by Gasteiger charge is -2.00. The standard InChI is InChI=1S/C15H13ClN6S/c16-10-6-4-9(5-7-10)8-17-22-14(20-21-15(22)23)13-11-2-1-3-12(11)18-19-13/h4-8H,1-3H2,(H,18,19)(H,21,23). The fourth-order valence-electron chi connectivity index (χ4n) is 2.73. The summed E-state index contributed by atoms with van der Waals surface area (Å²) in [6.07, 6.45) is 4.89. The molecule has 2 aromatic heterocycles. The highest BCUT2D eigenvalue weighted by molar-refractivity contribution is 7.71. The monoisotopic (exact) mass is 344 g/mol. The van der Waals surface area contributed by atoms with Crippen LogP contribution in [-0.4, -0.2) is 31.3 Å². The summed E-state index contributed by atoms with van der Waals surface area (Å²) in [7, 11) is 0. The van der Waals surface area contributed by atoms with Gasteiger partial charge in [-0.25, -0.2) is 5.10 Å². The molecule has 2 N–H and O–H groups in total. The summed E-state index contributed by atoms with van der Waals surface area (Å²) in [5.41, 5.74) is 4.14. The summed E-state index contributed by atoms with van der Waals surface area (Å²) >= 11 is 11.2. The van der Waals surface area contributed by atoms with Crippen molar-refractivity contribution in [1.29, 1.82) is 0 Å². The van der Waals surface area contributed by atoms with Gasteiger partial charge in [0.1, 0.15) is 5.69 Å². The molecule has 1 aliphatic rings. The molecule has 4 rings (SSSR count). The number of rotatable bonds is 3. The minimum absolute atomic E-state index is 0.431. The zero-order valence-electron chi connectivity index (χ0n) is 12.1. The summed E-state index contributed by atoms with van der Waals surface area (Å²) in [6, 6.07) is 7.42. The molecule has 116 valence electrons. The highest BCUT2D eigenvalue weighted by Crippen LogP contribution is 2.29. The summed E-state index contributed by atoms with van der Waals surface area (Å²) in [5.74, 6) is 0.625. The lowest BCUT2D eigenvalue weighted by atomic mass is 10.2. The maximum absolute atomic E-state index is 5.89. The third-order valence-electron chi connectivity index (χ3n) is 3.86. The average Bonchev–Trinajstić information content (AvgIpc) is 3.23. The Morgan fingerprint density at radius 2 is 2.00 bits per heavy atom. The van der Waals surface area contributed by atoms with Gasteiger partial charge in [-0.1, -0.05) is 23.7 Å². The van der Waals surface area contributed by atoms with E-state index in [4.69, 9.17) is 23.8 Å². The highest BCUT2D eigenvalue weighted by Gasteiger charge is 2.23. The van der Waals surface area contributed by atoms with Gasteiger partial charge in [-0.05, 0) is 49.2 Å². The van der Waals surface area contributed by atoms with Crippen molar-refractivity contribution in [2.75, 3.05) is 0 Å². The van der Waals surface area contributed by atoms with Crippen LogP contribution in [0.3, 0.4) is 0 Å². The minimum Gasteiger partial charge on any atom is -0.282 e. The van der Waals surface area contributed by atoms with Crippen molar-refractivity contribution in [1.82, 2.24) is 25.1 Å². The average molecular weight is 345 g/mol. The summed E-state index contributed by atoms with van der Waals surface area (Å²) in [5, 5.41) is 19.7. The maximum atomic E-state index is 5.89. The molecule has 0 unspecified atom stereocenters. The van der Waals surface area contributed by atoms with Crippen LogP contribution in [0.4, 0.5) is 0 Å². The van der Waals surface area contributed by atoms with Crippen molar-refractivity contribution in [3.8, 4) is 11.5 Å². The van der Waals surface area contributed by atoms with Crippen LogP contribution in [0.5, 0.6) is 0 Å². The molecule has 2 heterocycles. The molecule has 6 nitrogen and oxygen atoms in total. The first-order valence-corrected chi connectivity index (χ1v) is 8.05. The molecule has 1 aromatic carbocycles. The zero-order chi connectivity index (χ0) is 15.8. The number of fused-ring (bicyclic) bond motifs is 1. The Labute approximate surface area is 142 Å². The van der Waals surface area contributed by atoms with E-state index in [9.17, 15) is 0 Å². The fourth-order valence-corrected chi connectivity index (χ4v) is 3.03. The molecule has 0 bridgehead atoms. The van der Waals surface area contributed by atoms with Crippen LogP contribution < -0.4 is 0 Å². The second kappa shape index (κ2) is 5.75. The smallest absolute Gasteiger partial charge is 0.216 e.